The molecule has 0 aromatic heterocycles. The molecule has 22 heavy (non-hydrogen) atoms. The van der Waals surface area contributed by atoms with Gasteiger partial charge in [0.1, 0.15) is 5.69 Å². The van der Waals surface area contributed by atoms with Crippen molar-refractivity contribution in [3.05, 3.63) is 28.3 Å². The van der Waals surface area contributed by atoms with Crippen LogP contribution in [-0.2, 0) is 14.6 Å². The van der Waals surface area contributed by atoms with Crippen molar-refractivity contribution in [1.82, 2.24) is 0 Å². The molecule has 0 bridgehead atoms. The third-order valence-corrected chi connectivity index (χ3v) is 5.02. The number of benzene rings is 1. The Labute approximate surface area is 129 Å². The highest BCUT2D eigenvalue weighted by Crippen LogP contribution is 2.31. The molecule has 1 aliphatic rings. The topological polar surface area (TPSA) is 98.5 Å². The van der Waals surface area contributed by atoms with Crippen LogP contribution < -0.4 is 5.32 Å². The molecule has 1 aromatic carbocycles. The van der Waals surface area contributed by atoms with Gasteiger partial charge in [-0.3, -0.25) is 10.1 Å². The Morgan fingerprint density at radius 1 is 1.36 bits per heavy atom. The van der Waals surface area contributed by atoms with Crippen LogP contribution in [0, 0.1) is 10.1 Å². The summed E-state index contributed by atoms with van der Waals surface area (Å²) in [5.41, 5.74) is 0.126. The fourth-order valence-electron chi connectivity index (χ4n) is 2.73. The van der Waals surface area contributed by atoms with Gasteiger partial charge in [-0.1, -0.05) is 0 Å². The number of nitrogens with zero attached hydrogens (tertiary/aromatic N) is 1. The lowest BCUT2D eigenvalue weighted by Crippen LogP contribution is -2.31. The van der Waals surface area contributed by atoms with Gasteiger partial charge in [-0.05, 0) is 37.8 Å². The number of sulfone groups is 1. The van der Waals surface area contributed by atoms with Crippen LogP contribution >= 0.6 is 0 Å². The summed E-state index contributed by atoms with van der Waals surface area (Å²) in [6, 6.07) is 4.04. The number of hydrogen-bond donors (Lipinski definition) is 1. The monoisotopic (exact) mass is 328 g/mol. The third-order valence-electron chi connectivity index (χ3n) is 3.91. The summed E-state index contributed by atoms with van der Waals surface area (Å²) in [7, 11) is -1.81. The molecule has 2 unspecified atom stereocenters. The molecule has 0 saturated heterocycles. The average Bonchev–Trinajstić information content (AvgIpc) is 2.46. The first-order valence-electron chi connectivity index (χ1n) is 7.09. The Kier molecular flexibility index (Phi) is 5.02. The summed E-state index contributed by atoms with van der Waals surface area (Å²) < 4.78 is 28.4. The third kappa shape index (κ3) is 3.95. The first-order valence-corrected chi connectivity index (χ1v) is 8.98. The maximum absolute atomic E-state index is 11.5. The molecule has 0 radical (unpaired) electrons. The van der Waals surface area contributed by atoms with Gasteiger partial charge in [0.05, 0.1) is 15.9 Å². The number of ether oxygens (including phenoxy) is 1. The molecular weight excluding hydrogens is 308 g/mol. The Balaban J connectivity index is 2.25. The van der Waals surface area contributed by atoms with E-state index in [2.05, 4.69) is 5.32 Å². The van der Waals surface area contributed by atoms with Crippen LogP contribution in [0.2, 0.25) is 0 Å². The standard InChI is InChI=1S/C14H20N2O5S/c1-21-11-5-3-4-10(8-11)15-13-7-6-12(22(2,19)20)9-14(13)16(17)18/h6-7,9-11,15H,3-5,8H2,1-2H3. The summed E-state index contributed by atoms with van der Waals surface area (Å²) in [6.45, 7) is 0. The van der Waals surface area contributed by atoms with Crippen molar-refractivity contribution in [3.8, 4) is 0 Å². The fraction of sp³-hybridized carbons (Fsp3) is 0.571. The van der Waals surface area contributed by atoms with Gasteiger partial charge >= 0.3 is 0 Å². The Morgan fingerprint density at radius 2 is 2.09 bits per heavy atom. The van der Waals surface area contributed by atoms with Crippen molar-refractivity contribution in [3.63, 3.8) is 0 Å². The summed E-state index contributed by atoms with van der Waals surface area (Å²) >= 11 is 0. The number of nitrogens with one attached hydrogen (secondary N) is 1. The van der Waals surface area contributed by atoms with E-state index in [0.29, 0.717) is 5.69 Å². The Bertz CT molecular complexity index is 659. The molecular formula is C14H20N2O5S. The molecule has 2 atom stereocenters. The molecule has 8 heteroatoms. The predicted molar refractivity (Wildman–Crippen MR) is 82.9 cm³/mol. The van der Waals surface area contributed by atoms with Gasteiger partial charge in [-0.15, -0.1) is 0 Å². The van der Waals surface area contributed by atoms with Gasteiger partial charge in [0, 0.05) is 25.5 Å². The fourth-order valence-corrected chi connectivity index (χ4v) is 3.37. The molecule has 0 amide bonds. The van der Waals surface area contributed by atoms with Crippen molar-refractivity contribution in [2.75, 3.05) is 18.7 Å². The maximum atomic E-state index is 11.5. The second kappa shape index (κ2) is 6.62. The number of nitro benzene ring substituents is 1. The number of anilines is 1. The summed E-state index contributed by atoms with van der Waals surface area (Å²) in [4.78, 5) is 10.6. The van der Waals surface area contributed by atoms with E-state index in [1.165, 1.54) is 12.1 Å². The van der Waals surface area contributed by atoms with Crippen LogP contribution in [0.3, 0.4) is 0 Å². The highest BCUT2D eigenvalue weighted by atomic mass is 32.2. The molecule has 1 saturated carbocycles. The lowest BCUT2D eigenvalue weighted by atomic mass is 9.92. The molecule has 1 aliphatic carbocycles. The number of hydrogen-bond acceptors (Lipinski definition) is 6. The second-order valence-electron chi connectivity index (χ2n) is 5.57. The quantitative estimate of drug-likeness (QED) is 0.658. The average molecular weight is 328 g/mol. The number of rotatable bonds is 5. The minimum Gasteiger partial charge on any atom is -0.381 e. The van der Waals surface area contributed by atoms with Crippen LogP contribution in [0.25, 0.3) is 0 Å². The van der Waals surface area contributed by atoms with Crippen LogP contribution in [0.1, 0.15) is 25.7 Å². The molecule has 1 aromatic rings. The van der Waals surface area contributed by atoms with Crippen LogP contribution in [0.4, 0.5) is 11.4 Å². The predicted octanol–water partition coefficient (Wildman–Crippen LogP) is 2.37. The van der Waals surface area contributed by atoms with Gasteiger partial charge in [0.2, 0.25) is 0 Å². The zero-order valence-electron chi connectivity index (χ0n) is 12.6. The molecule has 122 valence electrons. The highest BCUT2D eigenvalue weighted by molar-refractivity contribution is 7.90. The smallest absolute Gasteiger partial charge is 0.293 e. The first kappa shape index (κ1) is 16.7. The SMILES string of the molecule is COC1CCCC(Nc2ccc(S(C)(=O)=O)cc2[N+](=O)[O-])C1. The zero-order valence-corrected chi connectivity index (χ0v) is 13.4. The molecule has 1 N–H and O–H groups in total. The minimum absolute atomic E-state index is 0.0526. The maximum Gasteiger partial charge on any atom is 0.293 e. The van der Waals surface area contributed by atoms with E-state index in [1.807, 2.05) is 0 Å². The van der Waals surface area contributed by atoms with Crippen molar-refractivity contribution < 1.29 is 18.1 Å². The lowest BCUT2D eigenvalue weighted by molar-refractivity contribution is -0.384. The van der Waals surface area contributed by atoms with Crippen molar-refractivity contribution in [2.24, 2.45) is 0 Å². The van der Waals surface area contributed by atoms with Gasteiger partial charge in [0.15, 0.2) is 9.84 Å². The largest absolute Gasteiger partial charge is 0.381 e. The molecule has 7 nitrogen and oxygen atoms in total. The minimum atomic E-state index is -3.47. The van der Waals surface area contributed by atoms with Gasteiger partial charge in [-0.25, -0.2) is 8.42 Å². The normalized spacial score (nSPS) is 22.3. The van der Waals surface area contributed by atoms with E-state index in [0.717, 1.165) is 38.0 Å². The van der Waals surface area contributed by atoms with E-state index in [1.54, 1.807) is 7.11 Å². The van der Waals surface area contributed by atoms with Crippen LogP contribution in [0.15, 0.2) is 23.1 Å². The van der Waals surface area contributed by atoms with Crippen LogP contribution in [-0.4, -0.2) is 38.9 Å². The number of methoxy groups -OCH3 is 1. The molecule has 0 spiro atoms. The Morgan fingerprint density at radius 3 is 2.68 bits per heavy atom. The lowest BCUT2D eigenvalue weighted by Gasteiger charge is -2.29. The Hall–Kier alpha value is -1.67. The number of nitro groups is 1. The van der Waals surface area contributed by atoms with E-state index < -0.39 is 14.8 Å². The van der Waals surface area contributed by atoms with Crippen molar-refractivity contribution in [2.45, 2.75) is 42.7 Å². The van der Waals surface area contributed by atoms with E-state index in [9.17, 15) is 18.5 Å². The van der Waals surface area contributed by atoms with Gasteiger partial charge < -0.3 is 10.1 Å². The first-order chi connectivity index (χ1) is 10.3. The summed E-state index contributed by atoms with van der Waals surface area (Å²) in [5.74, 6) is 0. The molecule has 0 heterocycles. The zero-order chi connectivity index (χ0) is 16.3. The van der Waals surface area contributed by atoms with E-state index in [-0.39, 0.29) is 22.7 Å². The van der Waals surface area contributed by atoms with Crippen molar-refractivity contribution in [1.29, 1.82) is 0 Å². The van der Waals surface area contributed by atoms with E-state index >= 15 is 0 Å². The molecule has 2 rings (SSSR count). The van der Waals surface area contributed by atoms with Crippen molar-refractivity contribution >= 4 is 21.2 Å². The van der Waals surface area contributed by atoms with Crippen LogP contribution in [0.5, 0.6) is 0 Å². The second-order valence-corrected chi connectivity index (χ2v) is 7.59. The molecule has 1 fully saturated rings. The van der Waals surface area contributed by atoms with Gasteiger partial charge in [-0.2, -0.15) is 0 Å². The van der Waals surface area contributed by atoms with E-state index in [4.69, 9.17) is 4.74 Å². The highest BCUT2D eigenvalue weighted by Gasteiger charge is 2.25. The van der Waals surface area contributed by atoms with Gasteiger partial charge in [0.25, 0.3) is 5.69 Å². The summed E-state index contributed by atoms with van der Waals surface area (Å²) in [5, 5.41) is 14.4. The molecule has 0 aliphatic heterocycles. The summed E-state index contributed by atoms with van der Waals surface area (Å²) in [6.07, 6.45) is 4.85.